The maximum absolute atomic E-state index is 11.0. The van der Waals surface area contributed by atoms with Gasteiger partial charge in [0.25, 0.3) is 0 Å². The highest BCUT2D eigenvalue weighted by Gasteiger charge is 2.14. The van der Waals surface area contributed by atoms with Gasteiger partial charge in [-0.15, -0.1) is 11.3 Å². The standard InChI is InChI=1S/C12H15N3O2S/c1-2-9(11-14-5-6-18-11)15-7-10-8(12(16)17)3-4-13-10/h3-6,9,13,15H,2,7H2,1H3,(H,16,17). The minimum Gasteiger partial charge on any atom is -0.478 e. The van der Waals surface area contributed by atoms with Crippen LogP contribution in [0.3, 0.4) is 0 Å². The number of hydrogen-bond acceptors (Lipinski definition) is 4. The van der Waals surface area contributed by atoms with Crippen molar-refractivity contribution in [2.75, 3.05) is 0 Å². The molecule has 96 valence electrons. The largest absolute Gasteiger partial charge is 0.478 e. The first kappa shape index (κ1) is 12.8. The number of H-pyrrole nitrogens is 1. The van der Waals surface area contributed by atoms with Gasteiger partial charge in [0, 0.05) is 30.0 Å². The Labute approximate surface area is 109 Å². The molecule has 0 aliphatic heterocycles. The van der Waals surface area contributed by atoms with Gasteiger partial charge >= 0.3 is 5.97 Å². The van der Waals surface area contributed by atoms with Gasteiger partial charge in [-0.05, 0) is 12.5 Å². The number of aromatic nitrogens is 2. The van der Waals surface area contributed by atoms with E-state index in [1.54, 1.807) is 29.8 Å². The molecule has 0 spiro atoms. The number of nitrogens with one attached hydrogen (secondary N) is 2. The lowest BCUT2D eigenvalue weighted by atomic mass is 10.2. The van der Waals surface area contributed by atoms with Crippen LogP contribution in [0.2, 0.25) is 0 Å². The number of thiazole rings is 1. The second kappa shape index (κ2) is 5.79. The second-order valence-electron chi connectivity index (χ2n) is 3.89. The first-order valence-electron chi connectivity index (χ1n) is 5.74. The van der Waals surface area contributed by atoms with Gasteiger partial charge in [-0.25, -0.2) is 9.78 Å². The molecule has 1 atom stereocenters. The van der Waals surface area contributed by atoms with Crippen LogP contribution in [0.25, 0.3) is 0 Å². The number of carboxylic acids is 1. The van der Waals surface area contributed by atoms with Crippen LogP contribution in [-0.4, -0.2) is 21.0 Å². The highest BCUT2D eigenvalue weighted by atomic mass is 32.1. The Bertz CT molecular complexity index is 507. The summed E-state index contributed by atoms with van der Waals surface area (Å²) in [6.45, 7) is 2.57. The van der Waals surface area contributed by atoms with E-state index in [0.29, 0.717) is 17.8 Å². The molecular weight excluding hydrogens is 250 g/mol. The summed E-state index contributed by atoms with van der Waals surface area (Å²) >= 11 is 1.60. The molecule has 0 fully saturated rings. The molecule has 2 rings (SSSR count). The number of carboxylic acid groups (broad SMARTS) is 1. The Hall–Kier alpha value is -1.66. The van der Waals surface area contributed by atoms with Gasteiger partial charge in [0.05, 0.1) is 11.6 Å². The highest BCUT2D eigenvalue weighted by molar-refractivity contribution is 7.09. The van der Waals surface area contributed by atoms with Crippen LogP contribution < -0.4 is 5.32 Å². The quantitative estimate of drug-likeness (QED) is 0.749. The van der Waals surface area contributed by atoms with Crippen LogP contribution in [0.15, 0.2) is 23.8 Å². The number of carbonyl (C=O) groups is 1. The van der Waals surface area contributed by atoms with Crippen molar-refractivity contribution in [2.45, 2.75) is 25.9 Å². The van der Waals surface area contributed by atoms with Crippen molar-refractivity contribution in [2.24, 2.45) is 0 Å². The monoisotopic (exact) mass is 265 g/mol. The van der Waals surface area contributed by atoms with Crippen LogP contribution in [0, 0.1) is 0 Å². The Morgan fingerprint density at radius 3 is 3.11 bits per heavy atom. The first-order chi connectivity index (χ1) is 8.72. The first-order valence-corrected chi connectivity index (χ1v) is 6.62. The van der Waals surface area contributed by atoms with E-state index < -0.39 is 5.97 Å². The number of aromatic carboxylic acids is 1. The molecular formula is C12H15N3O2S. The van der Waals surface area contributed by atoms with Crippen molar-refractivity contribution in [3.05, 3.63) is 40.1 Å². The molecule has 2 aromatic rings. The third kappa shape index (κ3) is 2.77. The van der Waals surface area contributed by atoms with E-state index in [4.69, 9.17) is 5.11 Å². The summed E-state index contributed by atoms with van der Waals surface area (Å²) < 4.78 is 0. The van der Waals surface area contributed by atoms with Gasteiger partial charge in [-0.2, -0.15) is 0 Å². The second-order valence-corrected chi connectivity index (χ2v) is 4.81. The van der Waals surface area contributed by atoms with E-state index in [9.17, 15) is 4.79 Å². The molecule has 6 heteroatoms. The predicted octanol–water partition coefficient (Wildman–Crippen LogP) is 2.41. The van der Waals surface area contributed by atoms with Crippen molar-refractivity contribution < 1.29 is 9.90 Å². The van der Waals surface area contributed by atoms with E-state index in [1.165, 1.54) is 0 Å². The highest BCUT2D eigenvalue weighted by Crippen LogP contribution is 2.19. The lowest BCUT2D eigenvalue weighted by Crippen LogP contribution is -2.21. The Kier molecular flexibility index (Phi) is 4.11. The zero-order valence-electron chi connectivity index (χ0n) is 10.0. The van der Waals surface area contributed by atoms with Crippen LogP contribution in [0.4, 0.5) is 0 Å². The van der Waals surface area contributed by atoms with Crippen LogP contribution >= 0.6 is 11.3 Å². The summed E-state index contributed by atoms with van der Waals surface area (Å²) in [6.07, 6.45) is 4.34. The molecule has 5 nitrogen and oxygen atoms in total. The van der Waals surface area contributed by atoms with Crippen molar-refractivity contribution in [3.63, 3.8) is 0 Å². The Morgan fingerprint density at radius 2 is 2.50 bits per heavy atom. The number of nitrogens with zero attached hydrogens (tertiary/aromatic N) is 1. The SMILES string of the molecule is CCC(NCc1[nH]ccc1C(=O)O)c1nccs1. The average molecular weight is 265 g/mol. The molecule has 3 N–H and O–H groups in total. The molecule has 0 aliphatic carbocycles. The molecule has 2 heterocycles. The average Bonchev–Trinajstić information content (AvgIpc) is 2.99. The third-order valence-electron chi connectivity index (χ3n) is 2.75. The summed E-state index contributed by atoms with van der Waals surface area (Å²) in [5, 5.41) is 15.3. The molecule has 18 heavy (non-hydrogen) atoms. The minimum atomic E-state index is -0.907. The molecule has 0 bridgehead atoms. The normalized spacial score (nSPS) is 12.5. The van der Waals surface area contributed by atoms with E-state index in [2.05, 4.69) is 22.2 Å². The van der Waals surface area contributed by atoms with Crippen molar-refractivity contribution in [1.29, 1.82) is 0 Å². The lowest BCUT2D eigenvalue weighted by Gasteiger charge is -2.14. The van der Waals surface area contributed by atoms with Crippen molar-refractivity contribution in [3.8, 4) is 0 Å². The lowest BCUT2D eigenvalue weighted by molar-refractivity contribution is 0.0695. The molecule has 0 amide bonds. The maximum atomic E-state index is 11.0. The zero-order valence-corrected chi connectivity index (χ0v) is 10.8. The van der Waals surface area contributed by atoms with Crippen LogP contribution in [0.5, 0.6) is 0 Å². The van der Waals surface area contributed by atoms with E-state index >= 15 is 0 Å². The van der Waals surface area contributed by atoms with Crippen LogP contribution in [-0.2, 0) is 6.54 Å². The molecule has 0 aliphatic rings. The molecule has 0 radical (unpaired) electrons. The fourth-order valence-corrected chi connectivity index (χ4v) is 2.59. The molecule has 0 aromatic carbocycles. The summed E-state index contributed by atoms with van der Waals surface area (Å²) in [5.74, 6) is -0.907. The Balaban J connectivity index is 2.02. The molecule has 0 saturated heterocycles. The van der Waals surface area contributed by atoms with Crippen molar-refractivity contribution in [1.82, 2.24) is 15.3 Å². The van der Waals surface area contributed by atoms with E-state index in [-0.39, 0.29) is 6.04 Å². The van der Waals surface area contributed by atoms with Crippen LogP contribution in [0.1, 0.15) is 40.4 Å². The third-order valence-corrected chi connectivity index (χ3v) is 3.64. The van der Waals surface area contributed by atoms with Gasteiger partial charge < -0.3 is 15.4 Å². The van der Waals surface area contributed by atoms with Gasteiger partial charge in [0.2, 0.25) is 0 Å². The topological polar surface area (TPSA) is 78.0 Å². The number of rotatable bonds is 6. The minimum absolute atomic E-state index is 0.162. The van der Waals surface area contributed by atoms with Gasteiger partial charge in [-0.3, -0.25) is 0 Å². The summed E-state index contributed by atoms with van der Waals surface area (Å²) in [5.41, 5.74) is 1.01. The fraction of sp³-hybridized carbons (Fsp3) is 0.333. The summed E-state index contributed by atoms with van der Waals surface area (Å²) in [4.78, 5) is 18.2. The van der Waals surface area contributed by atoms with Crippen molar-refractivity contribution >= 4 is 17.3 Å². The Morgan fingerprint density at radius 1 is 1.67 bits per heavy atom. The fourth-order valence-electron chi connectivity index (χ4n) is 1.79. The zero-order chi connectivity index (χ0) is 13.0. The van der Waals surface area contributed by atoms with E-state index in [0.717, 1.165) is 11.4 Å². The molecule has 1 unspecified atom stereocenters. The van der Waals surface area contributed by atoms with E-state index in [1.807, 2.05) is 5.38 Å². The molecule has 2 aromatic heterocycles. The smallest absolute Gasteiger partial charge is 0.337 e. The molecule has 0 saturated carbocycles. The van der Waals surface area contributed by atoms with Gasteiger partial charge in [-0.1, -0.05) is 6.92 Å². The number of aromatic amines is 1. The predicted molar refractivity (Wildman–Crippen MR) is 69.7 cm³/mol. The summed E-state index contributed by atoms with van der Waals surface area (Å²) in [6, 6.07) is 1.74. The number of hydrogen-bond donors (Lipinski definition) is 3. The summed E-state index contributed by atoms with van der Waals surface area (Å²) in [7, 11) is 0. The maximum Gasteiger partial charge on any atom is 0.337 e. The van der Waals surface area contributed by atoms with Gasteiger partial charge in [0.15, 0.2) is 0 Å². The van der Waals surface area contributed by atoms with Gasteiger partial charge in [0.1, 0.15) is 5.01 Å².